The van der Waals surface area contributed by atoms with Crippen molar-refractivity contribution in [3.8, 4) is 0 Å². The zero-order valence-electron chi connectivity index (χ0n) is 10.4. The Morgan fingerprint density at radius 3 is 2.86 bits per heavy atom. The second-order valence-electron chi connectivity index (χ2n) is 4.39. The molecule has 0 atom stereocenters. The number of nitrogen functional groups attached to an aromatic ring is 1. The third kappa shape index (κ3) is 2.59. The van der Waals surface area contributed by atoms with Gasteiger partial charge in [-0.2, -0.15) is 5.10 Å². The van der Waals surface area contributed by atoms with E-state index in [1.54, 1.807) is 10.9 Å². The summed E-state index contributed by atoms with van der Waals surface area (Å²) in [7, 11) is 0. The second-order valence-corrected chi connectivity index (χ2v) is 6.09. The zero-order valence-corrected chi connectivity index (χ0v) is 13.5. The van der Waals surface area contributed by atoms with Gasteiger partial charge in [0.15, 0.2) is 5.82 Å². The predicted octanol–water partition coefficient (Wildman–Crippen LogP) is 4.27. The zero-order chi connectivity index (χ0) is 15.1. The van der Waals surface area contributed by atoms with Gasteiger partial charge in [0.05, 0.1) is 17.1 Å². The van der Waals surface area contributed by atoms with Gasteiger partial charge >= 0.3 is 0 Å². The van der Waals surface area contributed by atoms with Crippen LogP contribution in [0.5, 0.6) is 0 Å². The van der Waals surface area contributed by atoms with E-state index in [0.29, 0.717) is 27.4 Å². The molecule has 0 unspecified atom stereocenters. The monoisotopic (exact) mass is 388 g/mol. The van der Waals surface area contributed by atoms with Gasteiger partial charge in [-0.1, -0.05) is 23.2 Å². The van der Waals surface area contributed by atoms with Crippen LogP contribution in [-0.2, 0) is 6.54 Å². The lowest BCUT2D eigenvalue weighted by Gasteiger charge is -2.09. The molecule has 4 nitrogen and oxygen atoms in total. The molecule has 2 aromatic heterocycles. The summed E-state index contributed by atoms with van der Waals surface area (Å²) in [6, 6.07) is 4.51. The second kappa shape index (κ2) is 5.44. The van der Waals surface area contributed by atoms with E-state index in [1.165, 1.54) is 12.1 Å². The lowest BCUT2D eigenvalue weighted by Crippen LogP contribution is -2.04. The number of hydrogen-bond acceptors (Lipinski definition) is 3. The van der Waals surface area contributed by atoms with Crippen molar-refractivity contribution in [2.45, 2.75) is 6.54 Å². The number of halogens is 4. The maximum Gasteiger partial charge on any atom is 0.172 e. The van der Waals surface area contributed by atoms with E-state index >= 15 is 0 Å². The van der Waals surface area contributed by atoms with Crippen LogP contribution in [0.4, 0.5) is 10.2 Å². The summed E-state index contributed by atoms with van der Waals surface area (Å²) in [5, 5.41) is 4.56. The van der Waals surface area contributed by atoms with Gasteiger partial charge in [0.1, 0.15) is 11.3 Å². The Labute approximate surface area is 137 Å². The van der Waals surface area contributed by atoms with Gasteiger partial charge in [-0.3, -0.25) is 4.68 Å². The molecule has 0 amide bonds. The Morgan fingerprint density at radius 1 is 1.33 bits per heavy atom. The summed E-state index contributed by atoms with van der Waals surface area (Å²) < 4.78 is 16.0. The highest BCUT2D eigenvalue weighted by atomic mass is 79.9. The summed E-state index contributed by atoms with van der Waals surface area (Å²) in [4.78, 5) is 4.21. The fourth-order valence-corrected chi connectivity index (χ4v) is 2.85. The van der Waals surface area contributed by atoms with Gasteiger partial charge in [-0.15, -0.1) is 0 Å². The Balaban J connectivity index is 2.15. The molecule has 0 spiro atoms. The molecule has 0 fully saturated rings. The molecule has 8 heteroatoms. The molecule has 0 saturated carbocycles. The molecular weight excluding hydrogens is 382 g/mol. The van der Waals surface area contributed by atoms with E-state index < -0.39 is 5.82 Å². The Hall–Kier alpha value is -1.37. The first-order valence-corrected chi connectivity index (χ1v) is 7.42. The van der Waals surface area contributed by atoms with Crippen molar-refractivity contribution in [2.75, 3.05) is 5.73 Å². The quantitative estimate of drug-likeness (QED) is 0.666. The predicted molar refractivity (Wildman–Crippen MR) is 85.2 cm³/mol. The van der Waals surface area contributed by atoms with Crippen LogP contribution < -0.4 is 5.73 Å². The van der Waals surface area contributed by atoms with E-state index in [0.717, 1.165) is 4.47 Å². The molecule has 2 heterocycles. The van der Waals surface area contributed by atoms with E-state index in [-0.39, 0.29) is 11.6 Å². The third-order valence-corrected chi connectivity index (χ3v) is 4.23. The maximum atomic E-state index is 13.6. The van der Waals surface area contributed by atoms with Crippen molar-refractivity contribution in [3.63, 3.8) is 0 Å². The first-order chi connectivity index (χ1) is 9.97. The van der Waals surface area contributed by atoms with Crippen LogP contribution in [0.15, 0.2) is 28.9 Å². The van der Waals surface area contributed by atoms with Crippen LogP contribution in [0.3, 0.4) is 0 Å². The van der Waals surface area contributed by atoms with Gasteiger partial charge in [-0.25, -0.2) is 9.37 Å². The first-order valence-electron chi connectivity index (χ1n) is 5.87. The van der Waals surface area contributed by atoms with Crippen LogP contribution in [0.2, 0.25) is 10.0 Å². The summed E-state index contributed by atoms with van der Waals surface area (Å²) in [6.07, 6.45) is 1.63. The number of aromatic nitrogens is 3. The van der Waals surface area contributed by atoms with Crippen LogP contribution in [0.1, 0.15) is 5.56 Å². The Kier molecular flexibility index (Phi) is 3.77. The van der Waals surface area contributed by atoms with Crippen molar-refractivity contribution < 1.29 is 4.39 Å². The lowest BCUT2D eigenvalue weighted by atomic mass is 10.2. The number of benzene rings is 1. The fraction of sp³-hybridized carbons (Fsp3) is 0.0769. The van der Waals surface area contributed by atoms with Crippen LogP contribution in [0, 0.1) is 5.82 Å². The highest BCUT2D eigenvalue weighted by molar-refractivity contribution is 9.10. The van der Waals surface area contributed by atoms with Crippen LogP contribution in [-0.4, -0.2) is 14.8 Å². The van der Waals surface area contributed by atoms with Gasteiger partial charge in [0.25, 0.3) is 0 Å². The molecule has 0 radical (unpaired) electrons. The fourth-order valence-electron chi connectivity index (χ4n) is 2.04. The molecule has 21 heavy (non-hydrogen) atoms. The third-order valence-electron chi connectivity index (χ3n) is 3.03. The molecule has 3 rings (SSSR count). The SMILES string of the molecule is Nc1nn(Cc2c(Cl)ccc(F)c2Cl)c2cc(Br)cnc12. The van der Waals surface area contributed by atoms with Gasteiger partial charge in [0.2, 0.25) is 0 Å². The molecule has 2 N–H and O–H groups in total. The van der Waals surface area contributed by atoms with E-state index in [9.17, 15) is 4.39 Å². The topological polar surface area (TPSA) is 56.7 Å². The molecule has 3 aromatic rings. The summed E-state index contributed by atoms with van der Waals surface area (Å²) in [5.41, 5.74) is 7.56. The molecule has 0 saturated heterocycles. The molecular formula is C13H8BrCl2FN4. The molecule has 108 valence electrons. The van der Waals surface area contributed by atoms with Gasteiger partial charge in [0, 0.05) is 21.3 Å². The number of anilines is 1. The Morgan fingerprint density at radius 2 is 2.10 bits per heavy atom. The number of hydrogen-bond donors (Lipinski definition) is 1. The minimum Gasteiger partial charge on any atom is -0.380 e. The van der Waals surface area contributed by atoms with Crippen molar-refractivity contribution in [3.05, 3.63) is 50.3 Å². The van der Waals surface area contributed by atoms with E-state index in [4.69, 9.17) is 28.9 Å². The molecule has 0 aliphatic carbocycles. The summed E-state index contributed by atoms with van der Waals surface area (Å²) >= 11 is 15.4. The highest BCUT2D eigenvalue weighted by Crippen LogP contribution is 2.30. The van der Waals surface area contributed by atoms with Gasteiger partial charge in [-0.05, 0) is 34.1 Å². The summed E-state index contributed by atoms with van der Waals surface area (Å²) in [6.45, 7) is 0.196. The van der Waals surface area contributed by atoms with Crippen molar-refractivity contribution in [1.29, 1.82) is 0 Å². The minimum atomic E-state index is -0.528. The standard InChI is InChI=1S/C13H8BrCl2FN4/c14-6-3-10-12(19-4-6)13(18)20-21(10)5-7-8(15)1-2-9(17)11(7)16/h1-4H,5H2,(H2,18,20). The lowest BCUT2D eigenvalue weighted by molar-refractivity contribution is 0.622. The Bertz CT molecular complexity index is 850. The first kappa shape index (κ1) is 14.6. The minimum absolute atomic E-state index is 0.0207. The average molecular weight is 390 g/mol. The molecule has 0 aliphatic heterocycles. The van der Waals surface area contributed by atoms with E-state index in [2.05, 4.69) is 26.0 Å². The molecule has 0 bridgehead atoms. The number of nitrogens with zero attached hydrogens (tertiary/aromatic N) is 3. The van der Waals surface area contributed by atoms with E-state index in [1.807, 2.05) is 6.07 Å². The number of fused-ring (bicyclic) bond motifs is 1. The van der Waals surface area contributed by atoms with Crippen molar-refractivity contribution in [2.24, 2.45) is 0 Å². The number of pyridine rings is 1. The normalized spacial score (nSPS) is 11.2. The average Bonchev–Trinajstić information content (AvgIpc) is 2.75. The van der Waals surface area contributed by atoms with Crippen LogP contribution in [0.25, 0.3) is 11.0 Å². The van der Waals surface area contributed by atoms with Crippen molar-refractivity contribution in [1.82, 2.24) is 14.8 Å². The number of nitrogens with two attached hydrogens (primary N) is 1. The van der Waals surface area contributed by atoms with Crippen molar-refractivity contribution >= 4 is 56.0 Å². The van der Waals surface area contributed by atoms with Crippen LogP contribution >= 0.6 is 39.1 Å². The number of rotatable bonds is 2. The maximum absolute atomic E-state index is 13.6. The molecule has 0 aliphatic rings. The van der Waals surface area contributed by atoms with Gasteiger partial charge < -0.3 is 5.73 Å². The largest absolute Gasteiger partial charge is 0.380 e. The summed E-state index contributed by atoms with van der Waals surface area (Å²) in [5.74, 6) is -0.235. The molecule has 1 aromatic carbocycles. The highest BCUT2D eigenvalue weighted by Gasteiger charge is 2.15. The smallest absolute Gasteiger partial charge is 0.172 e.